The van der Waals surface area contributed by atoms with E-state index < -0.39 is 5.97 Å². The molecule has 0 radical (unpaired) electrons. The van der Waals surface area contributed by atoms with Gasteiger partial charge in [-0.2, -0.15) is 0 Å². The van der Waals surface area contributed by atoms with Crippen LogP contribution in [0.1, 0.15) is 174 Å². The van der Waals surface area contributed by atoms with Crippen molar-refractivity contribution in [1.82, 2.24) is 9.80 Å². The van der Waals surface area contributed by atoms with Crippen molar-refractivity contribution in [3.05, 3.63) is 0 Å². The molecule has 1 aliphatic heterocycles. The first-order chi connectivity index (χ1) is 21.5. The van der Waals surface area contributed by atoms with Crippen LogP contribution in [-0.4, -0.2) is 72.1 Å². The van der Waals surface area contributed by atoms with Gasteiger partial charge in [-0.3, -0.25) is 14.4 Å². The van der Waals surface area contributed by atoms with Gasteiger partial charge in [0.15, 0.2) is 0 Å². The highest BCUT2D eigenvalue weighted by Crippen LogP contribution is 2.22. The number of likely N-dealkylation sites (tertiary alicyclic amines) is 1. The molecule has 258 valence electrons. The monoisotopic (exact) mass is 623 g/mol. The maximum Gasteiger partial charge on any atom is 0.305 e. The van der Waals surface area contributed by atoms with Gasteiger partial charge in [-0.05, 0) is 70.4 Å². The molecule has 7 heteroatoms. The van der Waals surface area contributed by atoms with Gasteiger partial charge in [0.05, 0.1) is 6.61 Å². The Morgan fingerprint density at radius 2 is 1.18 bits per heavy atom. The normalized spacial score (nSPS) is 13.5. The Morgan fingerprint density at radius 3 is 1.75 bits per heavy atom. The number of carboxylic acid groups (broad SMARTS) is 1. The fourth-order valence-corrected chi connectivity index (χ4v) is 6.42. The lowest BCUT2D eigenvalue weighted by atomic mass is 9.91. The summed E-state index contributed by atoms with van der Waals surface area (Å²) in [5.74, 6) is 0.304. The third-order valence-corrected chi connectivity index (χ3v) is 9.27. The second kappa shape index (κ2) is 28.8. The van der Waals surface area contributed by atoms with E-state index in [1.807, 2.05) is 0 Å². The zero-order valence-electron chi connectivity index (χ0n) is 29.0. The number of nitrogens with zero attached hydrogens (tertiary/aromatic N) is 2. The number of unbranched alkanes of at least 4 members (excludes halogenated alkanes) is 12. The van der Waals surface area contributed by atoms with E-state index in [-0.39, 0.29) is 18.3 Å². The van der Waals surface area contributed by atoms with E-state index in [1.165, 1.54) is 70.6 Å². The van der Waals surface area contributed by atoms with Crippen molar-refractivity contribution in [2.45, 2.75) is 174 Å². The summed E-state index contributed by atoms with van der Waals surface area (Å²) in [6, 6.07) is 0. The summed E-state index contributed by atoms with van der Waals surface area (Å²) in [7, 11) is 0. The summed E-state index contributed by atoms with van der Waals surface area (Å²) in [4.78, 5) is 40.4. The van der Waals surface area contributed by atoms with Crippen LogP contribution in [0.3, 0.4) is 0 Å². The van der Waals surface area contributed by atoms with Crippen LogP contribution in [0.25, 0.3) is 0 Å². The number of rotatable bonds is 31. The third kappa shape index (κ3) is 23.7. The number of hydrogen-bond acceptors (Lipinski definition) is 5. The van der Waals surface area contributed by atoms with Crippen LogP contribution in [0.15, 0.2) is 0 Å². The summed E-state index contributed by atoms with van der Waals surface area (Å²) in [6.07, 6.45) is 26.4. The summed E-state index contributed by atoms with van der Waals surface area (Å²) < 4.78 is 5.56. The second-order valence-corrected chi connectivity index (χ2v) is 13.3. The first kappa shape index (κ1) is 40.4. The molecule has 0 bridgehead atoms. The van der Waals surface area contributed by atoms with Gasteiger partial charge in [-0.1, -0.05) is 104 Å². The van der Waals surface area contributed by atoms with E-state index in [1.54, 1.807) is 0 Å². The molecule has 7 nitrogen and oxygen atoms in total. The fourth-order valence-electron chi connectivity index (χ4n) is 6.42. The molecular formula is C37H70N2O5. The standard InChI is InChI=1S/C37H70N2O5/c1-3-5-13-22-34(23-14-6-4-2)24-21-33-44-37(43)26-16-10-8-12-18-31-39(30-17-11-7-9-15-25-36(41)42)35(40)27-32-38-28-19-20-29-38/h34H,3-33H2,1-2H3,(H,41,42). The van der Waals surface area contributed by atoms with Crippen LogP contribution in [0.4, 0.5) is 0 Å². The van der Waals surface area contributed by atoms with Crippen molar-refractivity contribution >= 4 is 17.8 Å². The first-order valence-corrected chi connectivity index (χ1v) is 18.8. The number of amides is 1. The van der Waals surface area contributed by atoms with Crippen molar-refractivity contribution in [2.24, 2.45) is 5.92 Å². The fraction of sp³-hybridized carbons (Fsp3) is 0.919. The molecule has 1 heterocycles. The highest BCUT2D eigenvalue weighted by atomic mass is 16.5. The van der Waals surface area contributed by atoms with Crippen LogP contribution in [-0.2, 0) is 19.1 Å². The number of carboxylic acids is 1. The molecule has 0 unspecified atom stereocenters. The average molecular weight is 623 g/mol. The number of carbonyl (C=O) groups excluding carboxylic acids is 2. The number of aliphatic carboxylic acids is 1. The predicted molar refractivity (Wildman–Crippen MR) is 182 cm³/mol. The van der Waals surface area contributed by atoms with E-state index in [2.05, 4.69) is 23.6 Å². The third-order valence-electron chi connectivity index (χ3n) is 9.27. The molecule has 0 atom stereocenters. The summed E-state index contributed by atoms with van der Waals surface area (Å²) in [5, 5.41) is 8.79. The molecule has 1 rings (SSSR count). The molecule has 1 N–H and O–H groups in total. The summed E-state index contributed by atoms with van der Waals surface area (Å²) >= 11 is 0. The first-order valence-electron chi connectivity index (χ1n) is 18.8. The lowest BCUT2D eigenvalue weighted by Gasteiger charge is -2.24. The van der Waals surface area contributed by atoms with Gasteiger partial charge in [-0.25, -0.2) is 0 Å². The number of carbonyl (C=O) groups is 3. The maximum atomic E-state index is 13.0. The molecule has 1 amide bonds. The number of ether oxygens (including phenoxy) is 1. The molecule has 0 spiro atoms. The molecule has 0 aromatic carbocycles. The highest BCUT2D eigenvalue weighted by molar-refractivity contribution is 5.76. The highest BCUT2D eigenvalue weighted by Gasteiger charge is 2.17. The molecule has 1 saturated heterocycles. The average Bonchev–Trinajstić information content (AvgIpc) is 3.53. The van der Waals surface area contributed by atoms with Crippen molar-refractivity contribution < 1.29 is 24.2 Å². The minimum Gasteiger partial charge on any atom is -0.481 e. The zero-order valence-corrected chi connectivity index (χ0v) is 29.0. The van der Waals surface area contributed by atoms with E-state index in [4.69, 9.17) is 9.84 Å². The molecule has 0 saturated carbocycles. The van der Waals surface area contributed by atoms with Crippen LogP contribution < -0.4 is 0 Å². The second-order valence-electron chi connectivity index (χ2n) is 13.3. The van der Waals surface area contributed by atoms with Crippen molar-refractivity contribution in [1.29, 1.82) is 0 Å². The minimum atomic E-state index is -0.718. The molecule has 0 aliphatic carbocycles. The molecular weight excluding hydrogens is 552 g/mol. The Hall–Kier alpha value is -1.63. The van der Waals surface area contributed by atoms with Gasteiger partial charge in [0.25, 0.3) is 0 Å². The Labute approximate surface area is 271 Å². The minimum absolute atomic E-state index is 0.0451. The predicted octanol–water partition coefficient (Wildman–Crippen LogP) is 9.17. The van der Waals surface area contributed by atoms with Crippen LogP contribution in [0.5, 0.6) is 0 Å². The van der Waals surface area contributed by atoms with Crippen LogP contribution in [0.2, 0.25) is 0 Å². The Kier molecular flexibility index (Phi) is 26.5. The van der Waals surface area contributed by atoms with Gasteiger partial charge < -0.3 is 19.6 Å². The smallest absolute Gasteiger partial charge is 0.305 e. The Morgan fingerprint density at radius 1 is 0.659 bits per heavy atom. The maximum absolute atomic E-state index is 13.0. The van der Waals surface area contributed by atoms with Crippen molar-refractivity contribution in [3.8, 4) is 0 Å². The van der Waals surface area contributed by atoms with Crippen molar-refractivity contribution in [3.63, 3.8) is 0 Å². The van der Waals surface area contributed by atoms with E-state index in [0.29, 0.717) is 19.4 Å². The lowest BCUT2D eigenvalue weighted by Crippen LogP contribution is -2.35. The van der Waals surface area contributed by atoms with Gasteiger partial charge in [0, 0.05) is 38.9 Å². The Bertz CT molecular complexity index is 700. The Balaban J connectivity index is 2.19. The van der Waals surface area contributed by atoms with Gasteiger partial charge >= 0.3 is 11.9 Å². The molecule has 44 heavy (non-hydrogen) atoms. The number of esters is 1. The molecule has 1 fully saturated rings. The summed E-state index contributed by atoms with van der Waals surface area (Å²) in [5.41, 5.74) is 0. The molecule has 0 aromatic rings. The largest absolute Gasteiger partial charge is 0.481 e. The SMILES string of the molecule is CCCCCC(CCCCC)CCCOC(=O)CCCCCCCN(CCCCCCCC(=O)O)C(=O)CCN1CCCC1. The topological polar surface area (TPSA) is 87.1 Å². The van der Waals surface area contributed by atoms with Gasteiger partial charge in [0.1, 0.15) is 0 Å². The lowest BCUT2D eigenvalue weighted by molar-refractivity contribution is -0.144. The molecule has 1 aliphatic rings. The van der Waals surface area contributed by atoms with Crippen molar-refractivity contribution in [2.75, 3.05) is 39.3 Å². The van der Waals surface area contributed by atoms with Gasteiger partial charge in [-0.15, -0.1) is 0 Å². The van der Waals surface area contributed by atoms with E-state index in [9.17, 15) is 14.4 Å². The molecule has 0 aromatic heterocycles. The quantitative estimate of drug-likeness (QED) is 0.0613. The summed E-state index contributed by atoms with van der Waals surface area (Å²) in [6.45, 7) is 9.84. The van der Waals surface area contributed by atoms with Crippen LogP contribution >= 0.6 is 0 Å². The van der Waals surface area contributed by atoms with E-state index >= 15 is 0 Å². The zero-order chi connectivity index (χ0) is 32.1. The number of hydrogen-bond donors (Lipinski definition) is 1. The van der Waals surface area contributed by atoms with E-state index in [0.717, 1.165) is 109 Å². The van der Waals surface area contributed by atoms with Gasteiger partial charge in [0.2, 0.25) is 5.91 Å². The van der Waals surface area contributed by atoms with Crippen LogP contribution in [0, 0.1) is 5.92 Å².